The highest BCUT2D eigenvalue weighted by Crippen LogP contribution is 2.53. The van der Waals surface area contributed by atoms with E-state index in [1.165, 1.54) is 13.1 Å². The molecule has 1 spiro atoms. The van der Waals surface area contributed by atoms with Crippen molar-refractivity contribution in [3.8, 4) is 5.75 Å². The zero-order valence-electron chi connectivity index (χ0n) is 17.5. The zero-order chi connectivity index (χ0) is 22.6. The minimum Gasteiger partial charge on any atom is -0.484 e. The third kappa shape index (κ3) is 3.73. The molecule has 7 nitrogen and oxygen atoms in total. The average molecular weight is 470 g/mol. The number of benzene rings is 1. The van der Waals surface area contributed by atoms with Gasteiger partial charge in [0.25, 0.3) is 6.43 Å². The molecule has 3 heterocycles. The first-order chi connectivity index (χ1) is 15.3. The molecular weight excluding hydrogens is 447 g/mol. The van der Waals surface area contributed by atoms with Crippen LogP contribution in [0.15, 0.2) is 6.07 Å². The fraction of sp³-hybridized carbons (Fsp3) is 0.571. The van der Waals surface area contributed by atoms with E-state index >= 15 is 0 Å². The maximum absolute atomic E-state index is 15.0. The van der Waals surface area contributed by atoms with E-state index in [0.717, 1.165) is 23.1 Å². The minimum atomic E-state index is -2.79. The van der Waals surface area contributed by atoms with Crippen LogP contribution >= 0.6 is 11.6 Å². The number of ether oxygens (including phenoxy) is 1. The number of fused-ring (bicyclic) bond motifs is 1. The van der Waals surface area contributed by atoms with E-state index in [4.69, 9.17) is 16.3 Å². The molecule has 2 fully saturated rings. The number of halogens is 4. The Balaban J connectivity index is 1.44. The number of carbonyl (C=O) groups excluding carboxylic acids is 1. The van der Waals surface area contributed by atoms with Gasteiger partial charge in [0.1, 0.15) is 18.0 Å². The predicted molar refractivity (Wildman–Crippen MR) is 109 cm³/mol. The van der Waals surface area contributed by atoms with Crippen LogP contribution in [-0.4, -0.2) is 45.4 Å². The maximum atomic E-state index is 15.0. The number of aryl methyl sites for hydroxylation is 1. The number of likely N-dealkylation sites (tertiary alicyclic amines) is 1. The summed E-state index contributed by atoms with van der Waals surface area (Å²) in [5.41, 5.74) is 0.961. The van der Waals surface area contributed by atoms with Gasteiger partial charge < -0.3 is 15.0 Å². The number of amides is 1. The van der Waals surface area contributed by atoms with Crippen molar-refractivity contribution in [2.45, 2.75) is 44.8 Å². The first kappa shape index (κ1) is 21.5. The lowest BCUT2D eigenvalue weighted by molar-refractivity contribution is -0.128. The van der Waals surface area contributed by atoms with Gasteiger partial charge in [-0.05, 0) is 42.9 Å². The van der Waals surface area contributed by atoms with Crippen LogP contribution in [0.1, 0.15) is 54.2 Å². The SMILES string of the molecule is Cn1nnc(COc2c(F)cc(Cl)c3c2[C@@H](CN2CC4(CC4)CC2=O)NCC3)c1C(F)F. The van der Waals surface area contributed by atoms with E-state index in [9.17, 15) is 18.0 Å². The Morgan fingerprint density at radius 2 is 2.19 bits per heavy atom. The Bertz CT molecular complexity index is 1070. The van der Waals surface area contributed by atoms with Crippen LogP contribution in [0.2, 0.25) is 5.02 Å². The summed E-state index contributed by atoms with van der Waals surface area (Å²) in [5.74, 6) is -0.640. The number of rotatable bonds is 6. The summed E-state index contributed by atoms with van der Waals surface area (Å²) in [6, 6.07) is 0.805. The van der Waals surface area contributed by atoms with Crippen molar-refractivity contribution in [2.75, 3.05) is 19.6 Å². The number of nitrogens with zero attached hydrogens (tertiary/aromatic N) is 4. The number of alkyl halides is 2. The van der Waals surface area contributed by atoms with Gasteiger partial charge in [0.05, 0.1) is 6.04 Å². The van der Waals surface area contributed by atoms with Gasteiger partial charge in [0, 0.05) is 37.1 Å². The molecule has 0 bridgehead atoms. The first-order valence-electron chi connectivity index (χ1n) is 10.6. The number of hydrogen-bond donors (Lipinski definition) is 1. The van der Waals surface area contributed by atoms with Gasteiger partial charge in [-0.1, -0.05) is 16.8 Å². The largest absolute Gasteiger partial charge is 0.484 e. The van der Waals surface area contributed by atoms with Gasteiger partial charge in [-0.15, -0.1) is 5.10 Å². The molecule has 1 amide bonds. The van der Waals surface area contributed by atoms with Crippen LogP contribution in [0, 0.1) is 11.2 Å². The van der Waals surface area contributed by atoms with Crippen molar-refractivity contribution in [3.63, 3.8) is 0 Å². The lowest BCUT2D eigenvalue weighted by atomic mass is 9.92. The van der Waals surface area contributed by atoms with Gasteiger partial charge >= 0.3 is 0 Å². The molecule has 3 aliphatic rings. The molecule has 1 aromatic heterocycles. The topological polar surface area (TPSA) is 72.3 Å². The van der Waals surface area contributed by atoms with E-state index in [-0.39, 0.29) is 46.1 Å². The van der Waals surface area contributed by atoms with E-state index in [0.29, 0.717) is 38.0 Å². The van der Waals surface area contributed by atoms with Crippen LogP contribution in [0.25, 0.3) is 0 Å². The Labute approximate surface area is 187 Å². The van der Waals surface area contributed by atoms with Gasteiger partial charge in [-0.3, -0.25) is 4.79 Å². The fourth-order valence-corrected chi connectivity index (χ4v) is 5.15. The summed E-state index contributed by atoms with van der Waals surface area (Å²) in [6.45, 7) is 1.33. The normalized spacial score (nSPS) is 21.5. The maximum Gasteiger partial charge on any atom is 0.282 e. The highest BCUT2D eigenvalue weighted by molar-refractivity contribution is 6.31. The standard InChI is InChI=1S/C21H23ClF3N5O2/c1-29-18(20(24)25)15(27-28-29)9-32-19-13(23)6-12(22)11-2-5-26-14(17(11)19)8-30-10-21(3-4-21)7-16(30)31/h6,14,20,26H,2-5,7-10H2,1H3/t14-/m1/s1. The van der Waals surface area contributed by atoms with E-state index in [2.05, 4.69) is 15.6 Å². The molecule has 2 aliphatic heterocycles. The van der Waals surface area contributed by atoms with Crippen molar-refractivity contribution < 1.29 is 22.7 Å². The van der Waals surface area contributed by atoms with Gasteiger partial charge in [0.15, 0.2) is 11.6 Å². The molecule has 1 atom stereocenters. The molecule has 2 aromatic rings. The molecular formula is C21H23ClF3N5O2. The average Bonchev–Trinajstić information content (AvgIpc) is 3.26. The molecule has 1 N–H and O–H groups in total. The molecule has 0 unspecified atom stereocenters. The van der Waals surface area contributed by atoms with Crippen LogP contribution in [-0.2, 0) is 24.9 Å². The summed E-state index contributed by atoms with van der Waals surface area (Å²) in [7, 11) is 1.36. The van der Waals surface area contributed by atoms with Crippen LogP contribution in [0.4, 0.5) is 13.2 Å². The second kappa shape index (κ2) is 7.91. The summed E-state index contributed by atoms with van der Waals surface area (Å²) in [5, 5.41) is 11.0. The molecule has 5 rings (SSSR count). The second-order valence-corrected chi connectivity index (χ2v) is 9.31. The number of hydrogen-bond acceptors (Lipinski definition) is 5. The molecule has 1 saturated heterocycles. The lowest BCUT2D eigenvalue weighted by Crippen LogP contribution is -2.40. The molecule has 1 saturated carbocycles. The Morgan fingerprint density at radius 3 is 2.88 bits per heavy atom. The summed E-state index contributed by atoms with van der Waals surface area (Å²) in [4.78, 5) is 14.3. The third-order valence-corrected chi connectivity index (χ3v) is 7.05. The predicted octanol–water partition coefficient (Wildman–Crippen LogP) is 3.32. The highest BCUT2D eigenvalue weighted by Gasteiger charge is 2.52. The van der Waals surface area contributed by atoms with Crippen LogP contribution < -0.4 is 10.1 Å². The second-order valence-electron chi connectivity index (χ2n) is 8.90. The van der Waals surface area contributed by atoms with E-state index in [1.54, 1.807) is 0 Å². The summed E-state index contributed by atoms with van der Waals surface area (Å²) < 4.78 is 48.4. The fourth-order valence-electron chi connectivity index (χ4n) is 4.85. The van der Waals surface area contributed by atoms with Crippen molar-refractivity contribution in [1.82, 2.24) is 25.2 Å². The van der Waals surface area contributed by atoms with Crippen LogP contribution in [0.3, 0.4) is 0 Å². The Morgan fingerprint density at radius 1 is 1.41 bits per heavy atom. The number of carbonyl (C=O) groups is 1. The van der Waals surface area contributed by atoms with Crippen LogP contribution in [0.5, 0.6) is 5.75 Å². The first-order valence-corrected chi connectivity index (χ1v) is 11.0. The molecule has 11 heteroatoms. The summed E-state index contributed by atoms with van der Waals surface area (Å²) in [6.07, 6.45) is 0.449. The van der Waals surface area contributed by atoms with Gasteiger partial charge in [-0.25, -0.2) is 17.9 Å². The molecule has 1 aliphatic carbocycles. The van der Waals surface area contributed by atoms with Crippen molar-refractivity contribution in [2.24, 2.45) is 12.5 Å². The molecule has 32 heavy (non-hydrogen) atoms. The Kier molecular flexibility index (Phi) is 5.32. The van der Waals surface area contributed by atoms with Crippen molar-refractivity contribution in [3.05, 3.63) is 39.4 Å². The Hall–Kier alpha value is -2.33. The lowest BCUT2D eigenvalue weighted by Gasteiger charge is -2.32. The molecule has 1 aromatic carbocycles. The van der Waals surface area contributed by atoms with Gasteiger partial charge in [0.2, 0.25) is 5.91 Å². The highest BCUT2D eigenvalue weighted by atomic mass is 35.5. The summed E-state index contributed by atoms with van der Waals surface area (Å²) >= 11 is 6.34. The van der Waals surface area contributed by atoms with E-state index < -0.39 is 12.2 Å². The smallest absolute Gasteiger partial charge is 0.282 e. The van der Waals surface area contributed by atoms with Crippen molar-refractivity contribution in [1.29, 1.82) is 0 Å². The third-order valence-electron chi connectivity index (χ3n) is 6.71. The van der Waals surface area contributed by atoms with Gasteiger partial charge in [-0.2, -0.15) is 0 Å². The quantitative estimate of drug-likeness (QED) is 0.702. The monoisotopic (exact) mass is 469 g/mol. The zero-order valence-corrected chi connectivity index (χ0v) is 18.3. The van der Waals surface area contributed by atoms with Crippen molar-refractivity contribution >= 4 is 17.5 Å². The number of nitrogens with one attached hydrogen (secondary N) is 1. The van der Waals surface area contributed by atoms with E-state index in [1.807, 2.05) is 4.90 Å². The molecule has 172 valence electrons. The number of aromatic nitrogens is 3. The minimum absolute atomic E-state index is 0.0553. The molecule has 0 radical (unpaired) electrons.